The van der Waals surface area contributed by atoms with E-state index in [1.54, 1.807) is 30.3 Å². The van der Waals surface area contributed by atoms with Crippen LogP contribution in [0.15, 0.2) is 60.2 Å². The molecule has 0 amide bonds. The van der Waals surface area contributed by atoms with E-state index < -0.39 is 12.4 Å². The third-order valence-electron chi connectivity index (χ3n) is 7.04. The average Bonchev–Trinajstić information content (AvgIpc) is 3.56. The normalized spacial score (nSPS) is 22.9. The SMILES string of the molecule is COc1cc(/C=C/C2=NO[C@@]34c5ccc(F)cc5CC3CCCN24)ccc1-n1cnc(CF)c1. The summed E-state index contributed by atoms with van der Waals surface area (Å²) in [5.74, 6) is 1.44. The predicted octanol–water partition coefficient (Wildman–Crippen LogP) is 4.97. The first-order valence-corrected chi connectivity index (χ1v) is 11.4. The summed E-state index contributed by atoms with van der Waals surface area (Å²) in [7, 11) is 1.60. The number of ether oxygens (including phenoxy) is 1. The van der Waals surface area contributed by atoms with Crippen LogP contribution >= 0.6 is 0 Å². The van der Waals surface area contributed by atoms with Gasteiger partial charge in [-0.15, -0.1) is 0 Å². The molecule has 0 saturated carbocycles. The van der Waals surface area contributed by atoms with Crippen molar-refractivity contribution in [1.82, 2.24) is 14.5 Å². The van der Waals surface area contributed by atoms with Crippen molar-refractivity contribution >= 4 is 11.9 Å². The molecule has 34 heavy (non-hydrogen) atoms. The van der Waals surface area contributed by atoms with Crippen LogP contribution in [0.3, 0.4) is 0 Å². The molecule has 1 aliphatic carbocycles. The summed E-state index contributed by atoms with van der Waals surface area (Å²) < 4.78 is 34.1. The minimum Gasteiger partial charge on any atom is -0.495 e. The third-order valence-corrected chi connectivity index (χ3v) is 7.04. The van der Waals surface area contributed by atoms with Crippen molar-refractivity contribution in [2.75, 3.05) is 13.7 Å². The number of piperidine rings is 1. The molecule has 2 aromatic carbocycles. The van der Waals surface area contributed by atoms with E-state index in [0.29, 0.717) is 11.4 Å². The van der Waals surface area contributed by atoms with Crippen LogP contribution in [0.25, 0.3) is 11.8 Å². The number of amidine groups is 1. The van der Waals surface area contributed by atoms with Gasteiger partial charge in [0, 0.05) is 24.2 Å². The van der Waals surface area contributed by atoms with Gasteiger partial charge in [0.05, 0.1) is 24.8 Å². The Kier molecular flexibility index (Phi) is 4.90. The summed E-state index contributed by atoms with van der Waals surface area (Å²) in [6.07, 6.45) is 10.0. The summed E-state index contributed by atoms with van der Waals surface area (Å²) in [5.41, 5.74) is 3.46. The number of fused-ring (bicyclic) bond motifs is 1. The minimum absolute atomic E-state index is 0.214. The second-order valence-corrected chi connectivity index (χ2v) is 8.90. The molecular formula is C26H24F2N4O2. The lowest BCUT2D eigenvalue weighted by Gasteiger charge is -2.42. The standard InChI is InChI=1S/C26H24F2N4O2/c1-33-24-11-17(4-8-23(24)31-15-21(14-27)29-16-31)5-9-25-30-34-26-19(3-2-10-32(25)26)12-18-13-20(28)6-7-22(18)26/h4-9,11,13,15-16,19H,2-3,10,12,14H2,1H3/b9-5+/t19?,26-/m1/s1. The highest BCUT2D eigenvalue weighted by Gasteiger charge is 2.58. The number of alkyl halides is 1. The molecule has 6 rings (SSSR count). The van der Waals surface area contributed by atoms with Crippen molar-refractivity contribution in [1.29, 1.82) is 0 Å². The monoisotopic (exact) mass is 462 g/mol. The smallest absolute Gasteiger partial charge is 0.240 e. The Balaban J connectivity index is 1.28. The van der Waals surface area contributed by atoms with Gasteiger partial charge in [-0.1, -0.05) is 17.3 Å². The fourth-order valence-electron chi connectivity index (χ4n) is 5.52. The van der Waals surface area contributed by atoms with Gasteiger partial charge < -0.3 is 19.0 Å². The van der Waals surface area contributed by atoms with E-state index in [2.05, 4.69) is 15.0 Å². The lowest BCUT2D eigenvalue weighted by molar-refractivity contribution is -0.155. The largest absolute Gasteiger partial charge is 0.495 e. The third kappa shape index (κ3) is 3.12. The zero-order valence-electron chi connectivity index (χ0n) is 18.7. The van der Waals surface area contributed by atoms with Gasteiger partial charge in [0.15, 0.2) is 5.84 Å². The van der Waals surface area contributed by atoms with E-state index in [9.17, 15) is 8.78 Å². The molecule has 1 spiro atoms. The second kappa shape index (κ2) is 7.97. The predicted molar refractivity (Wildman–Crippen MR) is 124 cm³/mol. The number of hydrogen-bond donors (Lipinski definition) is 0. The topological polar surface area (TPSA) is 51.9 Å². The van der Waals surface area contributed by atoms with E-state index in [0.717, 1.165) is 54.0 Å². The number of oxime groups is 1. The number of methoxy groups -OCH3 is 1. The molecule has 2 aliphatic heterocycles. The Hall–Kier alpha value is -3.68. The van der Waals surface area contributed by atoms with Gasteiger partial charge in [-0.05, 0) is 66.8 Å². The highest BCUT2D eigenvalue weighted by molar-refractivity contribution is 5.97. The van der Waals surface area contributed by atoms with Gasteiger partial charge in [0.1, 0.15) is 18.2 Å². The number of hydrogen-bond acceptors (Lipinski definition) is 5. The van der Waals surface area contributed by atoms with Crippen LogP contribution in [0, 0.1) is 11.7 Å². The van der Waals surface area contributed by atoms with E-state index in [1.807, 2.05) is 36.4 Å². The molecular weight excluding hydrogens is 438 g/mol. The quantitative estimate of drug-likeness (QED) is 0.538. The molecule has 0 bridgehead atoms. The first kappa shape index (κ1) is 20.9. The summed E-state index contributed by atoms with van der Waals surface area (Å²) >= 11 is 0. The molecule has 3 aliphatic rings. The van der Waals surface area contributed by atoms with Crippen molar-refractivity contribution in [3.05, 3.63) is 83.2 Å². The van der Waals surface area contributed by atoms with Gasteiger partial charge in [0.25, 0.3) is 0 Å². The molecule has 174 valence electrons. The van der Waals surface area contributed by atoms with Gasteiger partial charge in [-0.2, -0.15) is 0 Å². The summed E-state index contributed by atoms with van der Waals surface area (Å²) in [5, 5.41) is 4.45. The van der Waals surface area contributed by atoms with Crippen LogP contribution in [0.2, 0.25) is 0 Å². The zero-order valence-corrected chi connectivity index (χ0v) is 18.7. The zero-order chi connectivity index (χ0) is 23.3. The number of aromatic nitrogens is 2. The van der Waals surface area contributed by atoms with Crippen molar-refractivity contribution in [3.63, 3.8) is 0 Å². The molecule has 2 atom stereocenters. The molecule has 1 unspecified atom stereocenters. The molecule has 8 heteroatoms. The maximum Gasteiger partial charge on any atom is 0.240 e. The molecule has 0 radical (unpaired) electrons. The van der Waals surface area contributed by atoms with Crippen molar-refractivity contribution in [2.45, 2.75) is 31.7 Å². The van der Waals surface area contributed by atoms with Crippen LogP contribution < -0.4 is 4.74 Å². The molecule has 1 saturated heterocycles. The number of imidazole rings is 1. The fourth-order valence-corrected chi connectivity index (χ4v) is 5.52. The van der Waals surface area contributed by atoms with Crippen LogP contribution in [0.1, 0.15) is 35.2 Å². The Morgan fingerprint density at radius 1 is 1.24 bits per heavy atom. The van der Waals surface area contributed by atoms with Crippen molar-refractivity contribution in [2.24, 2.45) is 11.1 Å². The first-order valence-electron chi connectivity index (χ1n) is 11.4. The minimum atomic E-state index is -0.641. The molecule has 3 aromatic rings. The van der Waals surface area contributed by atoms with Crippen molar-refractivity contribution < 1.29 is 18.4 Å². The van der Waals surface area contributed by atoms with E-state index in [4.69, 9.17) is 9.57 Å². The highest BCUT2D eigenvalue weighted by Crippen LogP contribution is 2.53. The molecule has 0 N–H and O–H groups in total. The lowest BCUT2D eigenvalue weighted by Crippen LogP contribution is -2.52. The number of nitrogens with zero attached hydrogens (tertiary/aromatic N) is 4. The molecule has 1 aromatic heterocycles. The maximum absolute atomic E-state index is 13.9. The lowest BCUT2D eigenvalue weighted by atomic mass is 9.86. The van der Waals surface area contributed by atoms with Crippen LogP contribution in [-0.2, 0) is 23.7 Å². The molecule has 6 nitrogen and oxygen atoms in total. The van der Waals surface area contributed by atoms with Gasteiger partial charge in [-0.25, -0.2) is 13.8 Å². The summed E-state index contributed by atoms with van der Waals surface area (Å²) in [6, 6.07) is 10.8. The number of rotatable bonds is 5. The Morgan fingerprint density at radius 3 is 2.97 bits per heavy atom. The van der Waals surface area contributed by atoms with Crippen molar-refractivity contribution in [3.8, 4) is 11.4 Å². The first-order chi connectivity index (χ1) is 16.6. The van der Waals surface area contributed by atoms with Gasteiger partial charge >= 0.3 is 0 Å². The molecule has 3 heterocycles. The maximum atomic E-state index is 13.9. The number of halogens is 2. The summed E-state index contributed by atoms with van der Waals surface area (Å²) in [6.45, 7) is 0.217. The van der Waals surface area contributed by atoms with Crippen LogP contribution in [0.5, 0.6) is 5.75 Å². The Labute approximate surface area is 196 Å². The van der Waals surface area contributed by atoms with Crippen LogP contribution in [-0.4, -0.2) is 33.9 Å². The van der Waals surface area contributed by atoms with Gasteiger partial charge in [-0.3, -0.25) is 0 Å². The summed E-state index contributed by atoms with van der Waals surface area (Å²) in [4.78, 5) is 12.4. The van der Waals surface area contributed by atoms with Gasteiger partial charge in [0.2, 0.25) is 5.72 Å². The number of benzene rings is 2. The highest BCUT2D eigenvalue weighted by atomic mass is 19.1. The van der Waals surface area contributed by atoms with E-state index in [1.165, 1.54) is 6.07 Å². The molecule has 1 fully saturated rings. The fraction of sp³-hybridized carbons (Fsp3) is 0.308. The second-order valence-electron chi connectivity index (χ2n) is 8.90. The average molecular weight is 463 g/mol. The van der Waals surface area contributed by atoms with E-state index in [-0.39, 0.29) is 11.7 Å². The Bertz CT molecular complexity index is 1320. The van der Waals surface area contributed by atoms with E-state index >= 15 is 0 Å². The Morgan fingerprint density at radius 2 is 2.15 bits per heavy atom. The van der Waals surface area contributed by atoms with Crippen LogP contribution in [0.4, 0.5) is 8.78 Å².